The van der Waals surface area contributed by atoms with Crippen molar-refractivity contribution in [1.82, 2.24) is 5.32 Å². The van der Waals surface area contributed by atoms with Crippen LogP contribution in [0, 0.1) is 12.7 Å². The highest BCUT2D eigenvalue weighted by Crippen LogP contribution is 2.18. The highest BCUT2D eigenvalue weighted by molar-refractivity contribution is 5.94. The van der Waals surface area contributed by atoms with E-state index in [1.807, 2.05) is 6.92 Å². The van der Waals surface area contributed by atoms with Crippen LogP contribution in [0.2, 0.25) is 0 Å². The molecule has 0 fully saturated rings. The molecule has 2 aromatic carbocycles. The molecule has 0 radical (unpaired) electrons. The van der Waals surface area contributed by atoms with E-state index in [0.717, 1.165) is 6.42 Å². The maximum Gasteiger partial charge on any atom is 0.241 e. The molecule has 2 aromatic rings. The molecule has 4 heteroatoms. The molecule has 0 aliphatic carbocycles. The second-order valence-corrected chi connectivity index (χ2v) is 5.76. The molecule has 0 aliphatic heterocycles. The second kappa shape index (κ2) is 7.88. The summed E-state index contributed by atoms with van der Waals surface area (Å²) >= 11 is 0. The Labute approximate surface area is 136 Å². The lowest BCUT2D eigenvalue weighted by molar-refractivity contribution is -0.118. The molecular weight excluding hydrogens is 291 g/mol. The number of hydrogen-bond acceptors (Lipinski definition) is 2. The van der Waals surface area contributed by atoms with Crippen molar-refractivity contribution in [2.75, 3.05) is 5.32 Å². The molecule has 2 atom stereocenters. The molecule has 0 bridgehead atoms. The van der Waals surface area contributed by atoms with Gasteiger partial charge in [0.25, 0.3) is 0 Å². The summed E-state index contributed by atoms with van der Waals surface area (Å²) in [7, 11) is 0. The summed E-state index contributed by atoms with van der Waals surface area (Å²) < 4.78 is 12.9. The normalized spacial score (nSPS) is 13.4. The minimum Gasteiger partial charge on any atom is -0.325 e. The first kappa shape index (κ1) is 17.2. The quantitative estimate of drug-likeness (QED) is 0.839. The van der Waals surface area contributed by atoms with E-state index >= 15 is 0 Å². The Balaban J connectivity index is 1.98. The van der Waals surface area contributed by atoms with Crippen LogP contribution in [0.15, 0.2) is 48.5 Å². The molecule has 2 rings (SSSR count). The maximum absolute atomic E-state index is 12.9. The molecule has 0 saturated heterocycles. The zero-order chi connectivity index (χ0) is 16.8. The van der Waals surface area contributed by atoms with Crippen LogP contribution in [0.25, 0.3) is 0 Å². The largest absolute Gasteiger partial charge is 0.325 e. The summed E-state index contributed by atoms with van der Waals surface area (Å²) in [6, 6.07) is 13.8. The van der Waals surface area contributed by atoms with E-state index in [9.17, 15) is 9.18 Å². The van der Waals surface area contributed by atoms with Gasteiger partial charge >= 0.3 is 0 Å². The van der Waals surface area contributed by atoms with Gasteiger partial charge in [-0.25, -0.2) is 4.39 Å². The molecule has 0 aromatic heterocycles. The number of anilines is 1. The summed E-state index contributed by atoms with van der Waals surface area (Å²) in [4.78, 5) is 12.3. The fraction of sp³-hybridized carbons (Fsp3) is 0.316. The van der Waals surface area contributed by atoms with Crippen molar-refractivity contribution >= 4 is 11.6 Å². The van der Waals surface area contributed by atoms with Crippen LogP contribution in [-0.2, 0) is 4.79 Å². The van der Waals surface area contributed by atoms with E-state index in [1.54, 1.807) is 12.1 Å². The second-order valence-electron chi connectivity index (χ2n) is 5.76. The molecule has 0 unspecified atom stereocenters. The molecule has 0 spiro atoms. The number of carbonyl (C=O) groups excluding carboxylic acids is 1. The van der Waals surface area contributed by atoms with Crippen molar-refractivity contribution in [2.45, 2.75) is 39.3 Å². The Bertz CT molecular complexity index is 637. The molecule has 23 heavy (non-hydrogen) atoms. The summed E-state index contributed by atoms with van der Waals surface area (Å²) in [6.45, 7) is 5.97. The molecule has 2 N–H and O–H groups in total. The SMILES string of the molecule is CC[C@@H](N[C@@H](C)C(=O)Nc1ccc(F)cc1)c1ccc(C)cc1. The van der Waals surface area contributed by atoms with Crippen LogP contribution in [0.1, 0.15) is 37.4 Å². The number of rotatable bonds is 6. The summed E-state index contributed by atoms with van der Waals surface area (Å²) in [5, 5.41) is 6.14. The van der Waals surface area contributed by atoms with Gasteiger partial charge in [0.15, 0.2) is 0 Å². The third kappa shape index (κ3) is 4.89. The van der Waals surface area contributed by atoms with Crippen molar-refractivity contribution in [3.63, 3.8) is 0 Å². The third-order valence-corrected chi connectivity index (χ3v) is 3.84. The topological polar surface area (TPSA) is 41.1 Å². The van der Waals surface area contributed by atoms with Gasteiger partial charge in [-0.3, -0.25) is 10.1 Å². The van der Waals surface area contributed by atoms with Gasteiger partial charge in [0.05, 0.1) is 6.04 Å². The van der Waals surface area contributed by atoms with E-state index in [-0.39, 0.29) is 23.8 Å². The van der Waals surface area contributed by atoms with E-state index in [2.05, 4.69) is 48.7 Å². The number of carbonyl (C=O) groups is 1. The monoisotopic (exact) mass is 314 g/mol. The van der Waals surface area contributed by atoms with Crippen LogP contribution >= 0.6 is 0 Å². The lowest BCUT2D eigenvalue weighted by Gasteiger charge is -2.22. The zero-order valence-corrected chi connectivity index (χ0v) is 13.8. The van der Waals surface area contributed by atoms with E-state index in [1.165, 1.54) is 23.3 Å². The van der Waals surface area contributed by atoms with Crippen molar-refractivity contribution in [3.05, 3.63) is 65.5 Å². The lowest BCUT2D eigenvalue weighted by atomic mass is 10.0. The van der Waals surface area contributed by atoms with Gasteiger partial charge in [-0.2, -0.15) is 0 Å². The maximum atomic E-state index is 12.9. The Morgan fingerprint density at radius 3 is 2.26 bits per heavy atom. The fourth-order valence-corrected chi connectivity index (χ4v) is 2.41. The first-order valence-corrected chi connectivity index (χ1v) is 7.88. The molecule has 3 nitrogen and oxygen atoms in total. The minimum atomic E-state index is -0.355. The first-order chi connectivity index (χ1) is 11.0. The lowest BCUT2D eigenvalue weighted by Crippen LogP contribution is -2.40. The van der Waals surface area contributed by atoms with Crippen LogP contribution in [-0.4, -0.2) is 11.9 Å². The minimum absolute atomic E-state index is 0.115. The standard InChI is InChI=1S/C19H23FN2O/c1-4-18(15-7-5-13(2)6-8-15)21-14(3)19(23)22-17-11-9-16(20)10-12-17/h5-12,14,18,21H,4H2,1-3H3,(H,22,23)/t14-,18+/m0/s1. The van der Waals surface area contributed by atoms with Gasteiger partial charge in [0.1, 0.15) is 5.82 Å². The van der Waals surface area contributed by atoms with E-state index in [4.69, 9.17) is 0 Å². The Hall–Kier alpha value is -2.20. The Kier molecular flexibility index (Phi) is 5.88. The van der Waals surface area contributed by atoms with E-state index in [0.29, 0.717) is 5.69 Å². The van der Waals surface area contributed by atoms with Gasteiger partial charge in [-0.1, -0.05) is 36.8 Å². The number of aryl methyl sites for hydroxylation is 1. The van der Waals surface area contributed by atoms with E-state index < -0.39 is 0 Å². The molecule has 0 saturated carbocycles. The van der Waals surface area contributed by atoms with Gasteiger partial charge in [-0.15, -0.1) is 0 Å². The highest BCUT2D eigenvalue weighted by Gasteiger charge is 2.18. The number of nitrogens with one attached hydrogen (secondary N) is 2. The van der Waals surface area contributed by atoms with Gasteiger partial charge < -0.3 is 5.32 Å². The molecule has 0 heterocycles. The fourth-order valence-electron chi connectivity index (χ4n) is 2.41. The first-order valence-electron chi connectivity index (χ1n) is 7.88. The predicted octanol–water partition coefficient (Wildman–Crippen LogP) is 4.20. The predicted molar refractivity (Wildman–Crippen MR) is 91.8 cm³/mol. The van der Waals surface area contributed by atoms with Crippen LogP contribution < -0.4 is 10.6 Å². The smallest absolute Gasteiger partial charge is 0.241 e. The molecule has 0 aliphatic rings. The van der Waals surface area contributed by atoms with Crippen molar-refractivity contribution < 1.29 is 9.18 Å². The zero-order valence-electron chi connectivity index (χ0n) is 13.8. The number of benzene rings is 2. The Morgan fingerprint density at radius 1 is 1.09 bits per heavy atom. The van der Waals surface area contributed by atoms with Crippen LogP contribution in [0.3, 0.4) is 0 Å². The van der Waals surface area contributed by atoms with Crippen molar-refractivity contribution in [1.29, 1.82) is 0 Å². The van der Waals surface area contributed by atoms with Gasteiger partial charge in [0, 0.05) is 11.7 Å². The van der Waals surface area contributed by atoms with Gasteiger partial charge in [-0.05, 0) is 50.1 Å². The summed E-state index contributed by atoms with van der Waals surface area (Å²) in [5.74, 6) is -0.457. The van der Waals surface area contributed by atoms with Crippen LogP contribution in [0.4, 0.5) is 10.1 Å². The number of hydrogen-bond donors (Lipinski definition) is 2. The average molecular weight is 314 g/mol. The van der Waals surface area contributed by atoms with Crippen molar-refractivity contribution in [2.24, 2.45) is 0 Å². The average Bonchev–Trinajstić information content (AvgIpc) is 2.55. The third-order valence-electron chi connectivity index (χ3n) is 3.84. The van der Waals surface area contributed by atoms with Crippen LogP contribution in [0.5, 0.6) is 0 Å². The molecule has 1 amide bonds. The summed E-state index contributed by atoms with van der Waals surface area (Å²) in [6.07, 6.45) is 0.886. The van der Waals surface area contributed by atoms with Gasteiger partial charge in [0.2, 0.25) is 5.91 Å². The summed E-state index contributed by atoms with van der Waals surface area (Å²) in [5.41, 5.74) is 2.97. The van der Waals surface area contributed by atoms with Crippen molar-refractivity contribution in [3.8, 4) is 0 Å². The molecular formula is C19H23FN2O. The Morgan fingerprint density at radius 2 is 1.70 bits per heavy atom. The number of halogens is 1. The number of amides is 1. The molecule has 122 valence electrons. The highest BCUT2D eigenvalue weighted by atomic mass is 19.1.